The van der Waals surface area contributed by atoms with Crippen molar-refractivity contribution in [1.82, 2.24) is 9.55 Å². The first-order valence-corrected chi connectivity index (χ1v) is 10.7. The van der Waals surface area contributed by atoms with Crippen LogP contribution in [-0.4, -0.2) is 33.8 Å². The van der Waals surface area contributed by atoms with E-state index in [9.17, 15) is 28.0 Å². The van der Waals surface area contributed by atoms with Crippen molar-refractivity contribution in [1.29, 1.82) is 0 Å². The van der Waals surface area contributed by atoms with Gasteiger partial charge in [0.05, 0.1) is 11.6 Å². The second-order valence-corrected chi connectivity index (χ2v) is 8.10. The molecule has 0 radical (unpaired) electrons. The molecule has 4 rings (SSSR count). The van der Waals surface area contributed by atoms with Gasteiger partial charge in [-0.1, -0.05) is 6.07 Å². The average molecular weight is 481 g/mol. The number of hydrogen-bond acceptors (Lipinski definition) is 5. The van der Waals surface area contributed by atoms with Gasteiger partial charge in [0.2, 0.25) is 17.7 Å². The summed E-state index contributed by atoms with van der Waals surface area (Å²) in [6.45, 7) is 1.32. The summed E-state index contributed by atoms with van der Waals surface area (Å²) in [7, 11) is 0. The highest BCUT2D eigenvalue weighted by molar-refractivity contribution is 6.03. The van der Waals surface area contributed by atoms with E-state index in [-0.39, 0.29) is 36.8 Å². The summed E-state index contributed by atoms with van der Waals surface area (Å²) in [5.74, 6) is -3.45. The molecule has 0 spiro atoms. The Hall–Kier alpha value is -4.41. The molecule has 3 aromatic rings. The first-order chi connectivity index (χ1) is 16.7. The molecule has 0 aliphatic carbocycles. The van der Waals surface area contributed by atoms with E-state index in [1.807, 2.05) is 0 Å². The number of aromatic nitrogens is 2. The molecule has 11 heteroatoms. The van der Waals surface area contributed by atoms with E-state index in [0.29, 0.717) is 11.3 Å². The van der Waals surface area contributed by atoms with Crippen molar-refractivity contribution < 1.29 is 23.2 Å². The van der Waals surface area contributed by atoms with Gasteiger partial charge in [0, 0.05) is 36.7 Å². The minimum absolute atomic E-state index is 0.0189. The largest absolute Gasteiger partial charge is 0.347 e. The predicted octanol–water partition coefficient (Wildman–Crippen LogP) is 2.46. The average Bonchev–Trinajstić information content (AvgIpc) is 3.21. The van der Waals surface area contributed by atoms with Gasteiger partial charge in [-0.3, -0.25) is 19.0 Å². The molecule has 9 nitrogen and oxygen atoms in total. The standard InChI is InChI=1S/C24H21F2N5O4/c1-14-3-5-17(11-19(14)26)31-12-15(9-22(31)33)23(34)29-20-10-16(4-6-18(20)25)28-21(32)13-30-8-2-7-27-24(30)35/h2-8,10-11,15H,9,12-13H2,1H3,(H,28,32)(H,29,34)/t15-/m1/s1. The van der Waals surface area contributed by atoms with E-state index in [0.717, 1.165) is 10.6 Å². The number of hydrogen-bond donors (Lipinski definition) is 2. The Balaban J connectivity index is 1.42. The maximum atomic E-state index is 14.4. The molecule has 0 unspecified atom stereocenters. The van der Waals surface area contributed by atoms with Crippen LogP contribution in [0.2, 0.25) is 0 Å². The monoisotopic (exact) mass is 481 g/mol. The van der Waals surface area contributed by atoms with Gasteiger partial charge >= 0.3 is 5.69 Å². The Morgan fingerprint density at radius 1 is 1.09 bits per heavy atom. The van der Waals surface area contributed by atoms with Gasteiger partial charge in [-0.25, -0.2) is 18.6 Å². The zero-order valence-corrected chi connectivity index (χ0v) is 18.6. The molecule has 1 aliphatic heterocycles. The second-order valence-electron chi connectivity index (χ2n) is 8.10. The predicted molar refractivity (Wildman–Crippen MR) is 124 cm³/mol. The van der Waals surface area contributed by atoms with Gasteiger partial charge in [0.1, 0.15) is 18.2 Å². The molecule has 1 aliphatic rings. The van der Waals surface area contributed by atoms with E-state index in [2.05, 4.69) is 15.6 Å². The van der Waals surface area contributed by atoms with Crippen LogP contribution in [0.25, 0.3) is 0 Å². The summed E-state index contributed by atoms with van der Waals surface area (Å²) in [6.07, 6.45) is 2.60. The summed E-state index contributed by atoms with van der Waals surface area (Å²) in [5, 5.41) is 4.99. The normalized spacial score (nSPS) is 15.2. The van der Waals surface area contributed by atoms with Crippen molar-refractivity contribution >= 4 is 34.8 Å². The highest BCUT2D eigenvalue weighted by Crippen LogP contribution is 2.28. The lowest BCUT2D eigenvalue weighted by molar-refractivity contribution is -0.122. The number of nitrogens with one attached hydrogen (secondary N) is 2. The summed E-state index contributed by atoms with van der Waals surface area (Å²) in [5.41, 5.74) is 0.200. The number of benzene rings is 2. The van der Waals surface area contributed by atoms with E-state index < -0.39 is 35.1 Å². The highest BCUT2D eigenvalue weighted by Gasteiger charge is 2.35. The number of anilines is 3. The van der Waals surface area contributed by atoms with Crippen molar-refractivity contribution in [2.45, 2.75) is 19.9 Å². The molecule has 3 amide bonds. The smallest absolute Gasteiger partial charge is 0.324 e. The van der Waals surface area contributed by atoms with E-state index >= 15 is 0 Å². The van der Waals surface area contributed by atoms with Crippen LogP contribution in [0, 0.1) is 24.5 Å². The van der Waals surface area contributed by atoms with Gasteiger partial charge in [-0.2, -0.15) is 0 Å². The van der Waals surface area contributed by atoms with Crippen LogP contribution >= 0.6 is 0 Å². The summed E-state index contributed by atoms with van der Waals surface area (Å²) >= 11 is 0. The van der Waals surface area contributed by atoms with Crippen molar-refractivity contribution in [2.75, 3.05) is 22.1 Å². The lowest BCUT2D eigenvalue weighted by atomic mass is 10.1. The zero-order valence-electron chi connectivity index (χ0n) is 18.6. The molecule has 2 heterocycles. The van der Waals surface area contributed by atoms with Gasteiger partial charge in [0.15, 0.2) is 0 Å². The van der Waals surface area contributed by atoms with E-state index in [1.165, 1.54) is 41.6 Å². The number of rotatable bonds is 6. The van der Waals surface area contributed by atoms with Crippen molar-refractivity contribution in [3.8, 4) is 0 Å². The summed E-state index contributed by atoms with van der Waals surface area (Å²) in [4.78, 5) is 54.0. The molecule has 2 N–H and O–H groups in total. The molecule has 0 saturated carbocycles. The fourth-order valence-electron chi connectivity index (χ4n) is 3.68. The third kappa shape index (κ3) is 5.40. The highest BCUT2D eigenvalue weighted by atomic mass is 19.1. The van der Waals surface area contributed by atoms with Gasteiger partial charge < -0.3 is 15.5 Å². The second kappa shape index (κ2) is 9.84. The van der Waals surface area contributed by atoms with Gasteiger partial charge in [-0.15, -0.1) is 0 Å². The van der Waals surface area contributed by atoms with Crippen molar-refractivity contribution in [3.05, 3.63) is 82.5 Å². The Morgan fingerprint density at radius 3 is 2.63 bits per heavy atom. The van der Waals surface area contributed by atoms with Crippen molar-refractivity contribution in [2.24, 2.45) is 5.92 Å². The van der Waals surface area contributed by atoms with Crippen molar-refractivity contribution in [3.63, 3.8) is 0 Å². The first-order valence-electron chi connectivity index (χ1n) is 10.7. The van der Waals surface area contributed by atoms with Crippen LogP contribution < -0.4 is 21.2 Å². The number of carbonyl (C=O) groups excluding carboxylic acids is 3. The number of carbonyl (C=O) groups is 3. The SMILES string of the molecule is Cc1ccc(N2C[C@H](C(=O)Nc3cc(NC(=O)Cn4cccnc4=O)ccc3F)CC2=O)cc1F. The third-order valence-electron chi connectivity index (χ3n) is 5.57. The number of halogens is 2. The molecule has 1 atom stereocenters. The van der Waals surface area contributed by atoms with Gasteiger partial charge in [-0.05, 0) is 48.9 Å². The van der Waals surface area contributed by atoms with Crippen LogP contribution in [0.15, 0.2) is 59.7 Å². The van der Waals surface area contributed by atoms with E-state index in [1.54, 1.807) is 19.1 Å². The molecule has 1 aromatic heterocycles. The van der Waals surface area contributed by atoms with Crippen LogP contribution in [0.1, 0.15) is 12.0 Å². The molecule has 1 saturated heterocycles. The molecule has 180 valence electrons. The van der Waals surface area contributed by atoms with E-state index in [4.69, 9.17) is 0 Å². The molecular formula is C24H21F2N5O4. The van der Waals surface area contributed by atoms with Crippen LogP contribution in [0.4, 0.5) is 25.8 Å². The Morgan fingerprint density at radius 2 is 1.89 bits per heavy atom. The molecule has 0 bridgehead atoms. The molecule has 1 fully saturated rings. The summed E-state index contributed by atoms with van der Waals surface area (Å²) < 4.78 is 29.4. The molecular weight excluding hydrogens is 460 g/mol. The Kier molecular flexibility index (Phi) is 6.67. The number of nitrogens with zero attached hydrogens (tertiary/aromatic N) is 3. The Labute approximate surface area is 198 Å². The zero-order chi connectivity index (χ0) is 25.1. The maximum absolute atomic E-state index is 14.4. The van der Waals surface area contributed by atoms with Gasteiger partial charge in [0.25, 0.3) is 0 Å². The molecule has 35 heavy (non-hydrogen) atoms. The lowest BCUT2D eigenvalue weighted by Gasteiger charge is -2.17. The number of amides is 3. The van der Waals surface area contributed by atoms with Crippen LogP contribution in [0.3, 0.4) is 0 Å². The minimum atomic E-state index is -0.776. The Bertz CT molecular complexity index is 1370. The summed E-state index contributed by atoms with van der Waals surface area (Å²) in [6, 6.07) is 9.50. The molecule has 2 aromatic carbocycles. The fourth-order valence-corrected chi connectivity index (χ4v) is 3.68. The lowest BCUT2D eigenvalue weighted by Crippen LogP contribution is -2.29. The maximum Gasteiger partial charge on any atom is 0.347 e. The quantitative estimate of drug-likeness (QED) is 0.562. The van der Waals surface area contributed by atoms with Crippen LogP contribution in [-0.2, 0) is 20.9 Å². The fraction of sp³-hybridized carbons (Fsp3) is 0.208. The first kappa shape index (κ1) is 23.7. The topological polar surface area (TPSA) is 113 Å². The minimum Gasteiger partial charge on any atom is -0.324 e. The third-order valence-corrected chi connectivity index (χ3v) is 5.57. The van der Waals surface area contributed by atoms with Crippen LogP contribution in [0.5, 0.6) is 0 Å². The number of aryl methyl sites for hydroxylation is 1.